The first-order valence-electron chi connectivity index (χ1n) is 7.45. The summed E-state index contributed by atoms with van der Waals surface area (Å²) in [6.07, 6.45) is 9.70. The van der Waals surface area contributed by atoms with Gasteiger partial charge in [0, 0.05) is 23.9 Å². The molecule has 1 aromatic rings. The van der Waals surface area contributed by atoms with Gasteiger partial charge < -0.3 is 5.73 Å². The second-order valence-electron chi connectivity index (χ2n) is 6.30. The zero-order chi connectivity index (χ0) is 12.5. The van der Waals surface area contributed by atoms with E-state index in [4.69, 9.17) is 5.73 Å². The van der Waals surface area contributed by atoms with E-state index in [1.165, 1.54) is 49.8 Å². The molecule has 18 heavy (non-hydrogen) atoms. The van der Waals surface area contributed by atoms with Gasteiger partial charge in [-0.2, -0.15) is 0 Å². The molecule has 4 unspecified atom stereocenters. The van der Waals surface area contributed by atoms with Gasteiger partial charge in [-0.3, -0.25) is 4.98 Å². The minimum Gasteiger partial charge on any atom is -0.327 e. The number of nitrogens with zero attached hydrogens (tertiary/aromatic N) is 1. The molecule has 0 aromatic carbocycles. The monoisotopic (exact) mass is 244 g/mol. The minimum absolute atomic E-state index is 0.323. The number of rotatable bonds is 2. The predicted octanol–water partition coefficient (Wildman–Crippen LogP) is 3.27. The van der Waals surface area contributed by atoms with Gasteiger partial charge in [-0.25, -0.2) is 0 Å². The Bertz CT molecular complexity index is 415. The average Bonchev–Trinajstić information content (AvgIpc) is 2.82. The Hall–Kier alpha value is -0.890. The first kappa shape index (κ1) is 12.2. The summed E-state index contributed by atoms with van der Waals surface area (Å²) in [7, 11) is 0. The molecule has 98 valence electrons. The number of aryl methyl sites for hydroxylation is 1. The van der Waals surface area contributed by atoms with Crippen molar-refractivity contribution in [3.05, 3.63) is 29.6 Å². The molecule has 0 saturated heterocycles. The molecule has 0 bridgehead atoms. The molecular formula is C16H24N2. The third kappa shape index (κ3) is 2.18. The molecule has 2 aliphatic rings. The van der Waals surface area contributed by atoms with E-state index >= 15 is 0 Å². The molecular weight excluding hydrogens is 220 g/mol. The quantitative estimate of drug-likeness (QED) is 0.867. The van der Waals surface area contributed by atoms with Crippen LogP contribution in [0.3, 0.4) is 0 Å². The Kier molecular flexibility index (Phi) is 3.38. The summed E-state index contributed by atoms with van der Waals surface area (Å²) < 4.78 is 0. The van der Waals surface area contributed by atoms with Gasteiger partial charge in [0.1, 0.15) is 0 Å². The second-order valence-corrected chi connectivity index (χ2v) is 6.30. The van der Waals surface area contributed by atoms with Crippen LogP contribution < -0.4 is 5.73 Å². The summed E-state index contributed by atoms with van der Waals surface area (Å²) in [5, 5.41) is 0. The molecule has 0 radical (unpaired) electrons. The summed E-state index contributed by atoms with van der Waals surface area (Å²) in [6.45, 7) is 2.37. The first-order chi connectivity index (χ1) is 8.75. The molecule has 1 aromatic heterocycles. The lowest BCUT2D eigenvalue weighted by Gasteiger charge is -2.34. The van der Waals surface area contributed by atoms with Gasteiger partial charge in [0.15, 0.2) is 0 Å². The van der Waals surface area contributed by atoms with Crippen LogP contribution in [-0.4, -0.2) is 11.0 Å². The van der Waals surface area contributed by atoms with Crippen molar-refractivity contribution in [3.63, 3.8) is 0 Å². The van der Waals surface area contributed by atoms with Gasteiger partial charge in [0.05, 0.1) is 0 Å². The minimum atomic E-state index is 0.323. The third-order valence-corrected chi connectivity index (χ3v) is 4.99. The van der Waals surface area contributed by atoms with Crippen molar-refractivity contribution >= 4 is 0 Å². The Morgan fingerprint density at radius 3 is 3.06 bits per heavy atom. The number of hydrogen-bond acceptors (Lipinski definition) is 2. The van der Waals surface area contributed by atoms with Crippen LogP contribution in [0.2, 0.25) is 0 Å². The van der Waals surface area contributed by atoms with Crippen molar-refractivity contribution < 1.29 is 0 Å². The molecule has 1 fully saturated rings. The molecule has 2 N–H and O–H groups in total. The van der Waals surface area contributed by atoms with Gasteiger partial charge in [-0.15, -0.1) is 0 Å². The lowest BCUT2D eigenvalue weighted by Crippen LogP contribution is -2.38. The van der Waals surface area contributed by atoms with Crippen molar-refractivity contribution in [1.82, 2.24) is 4.98 Å². The van der Waals surface area contributed by atoms with Gasteiger partial charge in [0.25, 0.3) is 0 Å². The van der Waals surface area contributed by atoms with Crippen LogP contribution in [0, 0.1) is 11.8 Å². The van der Waals surface area contributed by atoms with E-state index in [1.807, 2.05) is 6.20 Å². The smallest absolute Gasteiger partial charge is 0.0482 e. The van der Waals surface area contributed by atoms with E-state index in [9.17, 15) is 0 Å². The van der Waals surface area contributed by atoms with Crippen molar-refractivity contribution in [2.45, 2.75) is 57.4 Å². The second kappa shape index (κ2) is 5.00. The van der Waals surface area contributed by atoms with Gasteiger partial charge >= 0.3 is 0 Å². The fourth-order valence-corrected chi connectivity index (χ4v) is 3.98. The van der Waals surface area contributed by atoms with Gasteiger partial charge in [-0.05, 0) is 49.1 Å². The highest BCUT2D eigenvalue weighted by molar-refractivity contribution is 5.30. The van der Waals surface area contributed by atoms with Crippen LogP contribution in [-0.2, 0) is 6.42 Å². The fourth-order valence-electron chi connectivity index (χ4n) is 3.98. The topological polar surface area (TPSA) is 38.9 Å². The number of pyridine rings is 1. The summed E-state index contributed by atoms with van der Waals surface area (Å²) >= 11 is 0. The molecule has 0 aliphatic heterocycles. The molecule has 0 amide bonds. The number of aromatic nitrogens is 1. The van der Waals surface area contributed by atoms with Crippen molar-refractivity contribution in [2.75, 3.05) is 0 Å². The van der Waals surface area contributed by atoms with Crippen LogP contribution in [0.5, 0.6) is 0 Å². The Balaban J connectivity index is 1.75. The van der Waals surface area contributed by atoms with E-state index in [1.54, 1.807) is 0 Å². The first-order valence-corrected chi connectivity index (χ1v) is 7.45. The SMILES string of the molecule is CC1CCCC(C(N)C2CCc3cccnc32)C1. The summed E-state index contributed by atoms with van der Waals surface area (Å²) in [6, 6.07) is 4.59. The number of fused-ring (bicyclic) bond motifs is 1. The normalized spacial score (nSPS) is 33.1. The van der Waals surface area contributed by atoms with E-state index < -0.39 is 0 Å². The van der Waals surface area contributed by atoms with Crippen LogP contribution in [0.4, 0.5) is 0 Å². The summed E-state index contributed by atoms with van der Waals surface area (Å²) in [4.78, 5) is 4.60. The van der Waals surface area contributed by atoms with Crippen molar-refractivity contribution in [3.8, 4) is 0 Å². The summed E-state index contributed by atoms with van der Waals surface area (Å²) in [5.74, 6) is 2.09. The lowest BCUT2D eigenvalue weighted by molar-refractivity contribution is 0.227. The van der Waals surface area contributed by atoms with E-state index in [0.29, 0.717) is 17.9 Å². The standard InChI is InChI=1S/C16H24N2/c1-11-4-2-5-13(10-11)15(17)14-8-7-12-6-3-9-18-16(12)14/h3,6,9,11,13-15H,2,4-5,7-8,10,17H2,1H3. The molecule has 0 spiro atoms. The van der Waals surface area contributed by atoms with E-state index in [0.717, 1.165) is 5.92 Å². The Morgan fingerprint density at radius 1 is 1.33 bits per heavy atom. The van der Waals surface area contributed by atoms with Gasteiger partial charge in [-0.1, -0.05) is 25.8 Å². The maximum Gasteiger partial charge on any atom is 0.0482 e. The number of hydrogen-bond donors (Lipinski definition) is 1. The highest BCUT2D eigenvalue weighted by atomic mass is 14.8. The average molecular weight is 244 g/mol. The maximum absolute atomic E-state index is 6.59. The molecule has 2 heteroatoms. The van der Waals surface area contributed by atoms with Crippen LogP contribution in [0.25, 0.3) is 0 Å². The molecule has 4 atom stereocenters. The maximum atomic E-state index is 6.59. The lowest BCUT2D eigenvalue weighted by atomic mass is 9.75. The zero-order valence-electron chi connectivity index (χ0n) is 11.3. The van der Waals surface area contributed by atoms with E-state index in [2.05, 4.69) is 24.0 Å². The number of nitrogens with two attached hydrogens (primary N) is 1. The molecule has 1 heterocycles. The predicted molar refractivity (Wildman–Crippen MR) is 74.4 cm³/mol. The Morgan fingerprint density at radius 2 is 2.22 bits per heavy atom. The van der Waals surface area contributed by atoms with Crippen molar-refractivity contribution in [1.29, 1.82) is 0 Å². The highest BCUT2D eigenvalue weighted by Crippen LogP contribution is 2.40. The summed E-state index contributed by atoms with van der Waals surface area (Å²) in [5.41, 5.74) is 9.32. The van der Waals surface area contributed by atoms with Crippen LogP contribution in [0.1, 0.15) is 56.2 Å². The molecule has 2 nitrogen and oxygen atoms in total. The van der Waals surface area contributed by atoms with Gasteiger partial charge in [0.2, 0.25) is 0 Å². The Labute approximate surface area is 110 Å². The van der Waals surface area contributed by atoms with E-state index in [-0.39, 0.29) is 0 Å². The zero-order valence-corrected chi connectivity index (χ0v) is 11.3. The third-order valence-electron chi connectivity index (χ3n) is 4.99. The molecule has 1 saturated carbocycles. The molecule has 2 aliphatic carbocycles. The molecule has 3 rings (SSSR count). The van der Waals surface area contributed by atoms with Crippen LogP contribution in [0.15, 0.2) is 18.3 Å². The highest BCUT2D eigenvalue weighted by Gasteiger charge is 2.34. The fraction of sp³-hybridized carbons (Fsp3) is 0.688. The van der Waals surface area contributed by atoms with Crippen molar-refractivity contribution in [2.24, 2.45) is 17.6 Å². The largest absolute Gasteiger partial charge is 0.327 e. The van der Waals surface area contributed by atoms with Crippen LogP contribution >= 0.6 is 0 Å².